The molecule has 3 nitrogen and oxygen atoms in total. The van der Waals surface area contributed by atoms with Gasteiger partial charge >= 0.3 is 15.5 Å². The highest BCUT2D eigenvalue weighted by atomic mass is 32.2. The maximum Gasteiger partial charge on any atom is 0.511 e. The first-order valence-corrected chi connectivity index (χ1v) is 8.95. The molecule has 1 aromatic carbocycles. The Morgan fingerprint density at radius 1 is 1.33 bits per heavy atom. The average Bonchev–Trinajstić information content (AvgIpc) is 2.37. The van der Waals surface area contributed by atoms with Gasteiger partial charge in [0.2, 0.25) is 0 Å². The number of nitrogens with one attached hydrogen (secondary N) is 1. The molecular weight excluding hydrogens is 323 g/mol. The van der Waals surface area contributed by atoms with Crippen molar-refractivity contribution in [2.75, 3.05) is 0 Å². The number of hydrogen-bond donors (Lipinski definition) is 1. The molecule has 1 aliphatic heterocycles. The molecule has 1 aromatic rings. The van der Waals surface area contributed by atoms with Crippen molar-refractivity contribution < 1.29 is 21.6 Å². The molecule has 0 unspecified atom stereocenters. The fraction of sp³-hybridized carbons (Fsp3) is 0.538. The molecule has 0 amide bonds. The molecule has 8 heteroatoms. The van der Waals surface area contributed by atoms with E-state index in [0.29, 0.717) is 12.0 Å². The fourth-order valence-corrected chi connectivity index (χ4v) is 4.59. The van der Waals surface area contributed by atoms with Crippen LogP contribution in [0.3, 0.4) is 0 Å². The summed E-state index contributed by atoms with van der Waals surface area (Å²) in [6.07, 6.45) is 2.10. The molecule has 118 valence electrons. The number of halogens is 3. The summed E-state index contributed by atoms with van der Waals surface area (Å²) in [7, 11) is -5.34. The summed E-state index contributed by atoms with van der Waals surface area (Å²) in [5, 5.41) is 0.117. The highest BCUT2D eigenvalue weighted by molar-refractivity contribution is 8.00. The van der Waals surface area contributed by atoms with Crippen LogP contribution in [0.5, 0.6) is 0 Å². The third-order valence-corrected chi connectivity index (χ3v) is 5.89. The van der Waals surface area contributed by atoms with Crippen molar-refractivity contribution in [2.45, 2.75) is 47.9 Å². The SMILES string of the molecule is CCC[C@H]1C[C@@H](NS(=O)(=O)C(F)(F)F)c2ccccc2S1. The minimum atomic E-state index is -5.34. The van der Waals surface area contributed by atoms with Crippen LogP contribution in [0.2, 0.25) is 0 Å². The molecule has 0 saturated carbocycles. The lowest BCUT2D eigenvalue weighted by molar-refractivity contribution is -0.0451. The monoisotopic (exact) mass is 339 g/mol. The Bertz CT molecular complexity index is 602. The van der Waals surface area contributed by atoms with Gasteiger partial charge in [0.05, 0.1) is 0 Å². The van der Waals surface area contributed by atoms with Crippen LogP contribution in [-0.4, -0.2) is 19.2 Å². The molecule has 1 heterocycles. The Kier molecular flexibility index (Phi) is 4.89. The van der Waals surface area contributed by atoms with Gasteiger partial charge in [-0.15, -0.1) is 11.8 Å². The van der Waals surface area contributed by atoms with Crippen LogP contribution in [0.25, 0.3) is 0 Å². The summed E-state index contributed by atoms with van der Waals surface area (Å²) in [5.41, 5.74) is -4.67. The van der Waals surface area contributed by atoms with E-state index >= 15 is 0 Å². The Labute approximate surface area is 126 Å². The second kappa shape index (κ2) is 6.18. The number of benzene rings is 1. The zero-order valence-corrected chi connectivity index (χ0v) is 13.0. The van der Waals surface area contributed by atoms with E-state index in [-0.39, 0.29) is 5.25 Å². The van der Waals surface area contributed by atoms with Gasteiger partial charge in [0.15, 0.2) is 0 Å². The Balaban J connectivity index is 2.30. The van der Waals surface area contributed by atoms with E-state index in [1.54, 1.807) is 30.0 Å². The molecule has 0 spiro atoms. The van der Waals surface area contributed by atoms with E-state index in [0.717, 1.165) is 17.7 Å². The topological polar surface area (TPSA) is 46.2 Å². The molecule has 2 rings (SSSR count). The van der Waals surface area contributed by atoms with Crippen LogP contribution in [0.15, 0.2) is 29.2 Å². The molecule has 0 saturated heterocycles. The molecule has 1 N–H and O–H groups in total. The lowest BCUT2D eigenvalue weighted by Crippen LogP contribution is -2.40. The highest BCUT2D eigenvalue weighted by Crippen LogP contribution is 2.43. The summed E-state index contributed by atoms with van der Waals surface area (Å²) in [4.78, 5) is 0.845. The third kappa shape index (κ3) is 3.73. The first-order chi connectivity index (χ1) is 9.74. The van der Waals surface area contributed by atoms with Crippen LogP contribution in [0.4, 0.5) is 13.2 Å². The largest absolute Gasteiger partial charge is 0.511 e. The standard InChI is InChI=1S/C13H16F3NO2S2/c1-2-5-9-8-11(17-21(18,19)13(14,15)16)10-6-3-4-7-12(10)20-9/h3-4,6-7,9,11,17H,2,5,8H2,1H3/t9-,11+/m0/s1. The number of alkyl halides is 3. The molecule has 0 aromatic heterocycles. The predicted octanol–water partition coefficient (Wildman–Crippen LogP) is 3.83. The summed E-state index contributed by atoms with van der Waals surface area (Å²) < 4.78 is 62.2. The van der Waals surface area contributed by atoms with Gasteiger partial charge in [0, 0.05) is 16.2 Å². The first kappa shape index (κ1) is 16.6. The third-order valence-electron chi connectivity index (χ3n) is 3.30. The first-order valence-electron chi connectivity index (χ1n) is 6.58. The van der Waals surface area contributed by atoms with Crippen LogP contribution in [-0.2, 0) is 10.0 Å². The van der Waals surface area contributed by atoms with Gasteiger partial charge in [-0.05, 0) is 24.5 Å². The van der Waals surface area contributed by atoms with E-state index in [1.807, 2.05) is 17.7 Å². The number of sulfonamides is 1. The van der Waals surface area contributed by atoms with Crippen molar-refractivity contribution in [3.8, 4) is 0 Å². The molecule has 0 bridgehead atoms. The molecule has 0 radical (unpaired) electrons. The summed E-state index contributed by atoms with van der Waals surface area (Å²) in [5.74, 6) is 0. The Morgan fingerprint density at radius 3 is 2.62 bits per heavy atom. The summed E-state index contributed by atoms with van der Waals surface area (Å²) >= 11 is 1.60. The quantitative estimate of drug-likeness (QED) is 0.907. The lowest BCUT2D eigenvalue weighted by atomic mass is 10.00. The second-order valence-electron chi connectivity index (χ2n) is 4.92. The number of hydrogen-bond acceptors (Lipinski definition) is 3. The molecule has 0 fully saturated rings. The average molecular weight is 339 g/mol. The molecule has 2 atom stereocenters. The van der Waals surface area contributed by atoms with Gasteiger partial charge in [-0.25, -0.2) is 8.42 Å². The van der Waals surface area contributed by atoms with Crippen LogP contribution >= 0.6 is 11.8 Å². The van der Waals surface area contributed by atoms with Crippen LogP contribution in [0.1, 0.15) is 37.8 Å². The van der Waals surface area contributed by atoms with Crippen LogP contribution in [0, 0.1) is 0 Å². The van der Waals surface area contributed by atoms with Gasteiger partial charge in [0.1, 0.15) is 0 Å². The van der Waals surface area contributed by atoms with E-state index in [2.05, 4.69) is 0 Å². The minimum absolute atomic E-state index is 0.117. The van der Waals surface area contributed by atoms with E-state index in [4.69, 9.17) is 0 Å². The summed E-state index contributed by atoms with van der Waals surface area (Å²) in [6, 6.07) is 6.17. The van der Waals surface area contributed by atoms with Gasteiger partial charge in [0.25, 0.3) is 0 Å². The maximum atomic E-state index is 12.6. The van der Waals surface area contributed by atoms with Crippen molar-refractivity contribution >= 4 is 21.8 Å². The highest BCUT2D eigenvalue weighted by Gasteiger charge is 2.47. The van der Waals surface area contributed by atoms with E-state index < -0.39 is 21.6 Å². The van der Waals surface area contributed by atoms with Crippen LogP contribution < -0.4 is 4.72 Å². The number of thioether (sulfide) groups is 1. The Hall–Kier alpha value is -0.730. The van der Waals surface area contributed by atoms with Crippen molar-refractivity contribution in [3.05, 3.63) is 29.8 Å². The van der Waals surface area contributed by atoms with Gasteiger partial charge in [-0.2, -0.15) is 17.9 Å². The number of rotatable bonds is 4. The second-order valence-corrected chi connectivity index (χ2v) is 7.97. The summed E-state index contributed by atoms with van der Waals surface area (Å²) in [6.45, 7) is 2.00. The minimum Gasteiger partial charge on any atom is -0.203 e. The normalized spacial score (nSPS) is 22.9. The van der Waals surface area contributed by atoms with Gasteiger partial charge < -0.3 is 0 Å². The van der Waals surface area contributed by atoms with Crippen molar-refractivity contribution in [1.29, 1.82) is 0 Å². The zero-order valence-electron chi connectivity index (χ0n) is 11.4. The van der Waals surface area contributed by atoms with Gasteiger partial charge in [-0.3, -0.25) is 0 Å². The predicted molar refractivity (Wildman–Crippen MR) is 76.5 cm³/mol. The van der Waals surface area contributed by atoms with Crippen molar-refractivity contribution in [3.63, 3.8) is 0 Å². The lowest BCUT2D eigenvalue weighted by Gasteiger charge is -2.31. The fourth-order valence-electron chi connectivity index (χ4n) is 2.36. The van der Waals surface area contributed by atoms with E-state index in [1.165, 1.54) is 0 Å². The maximum absolute atomic E-state index is 12.6. The zero-order chi connectivity index (χ0) is 15.7. The van der Waals surface area contributed by atoms with Crippen molar-refractivity contribution in [2.24, 2.45) is 0 Å². The smallest absolute Gasteiger partial charge is 0.203 e. The van der Waals surface area contributed by atoms with E-state index in [9.17, 15) is 21.6 Å². The number of fused-ring (bicyclic) bond motifs is 1. The molecule has 21 heavy (non-hydrogen) atoms. The molecule has 0 aliphatic carbocycles. The molecular formula is C13H16F3NO2S2. The van der Waals surface area contributed by atoms with Crippen molar-refractivity contribution in [1.82, 2.24) is 4.72 Å². The Morgan fingerprint density at radius 2 is 2.00 bits per heavy atom. The molecule has 1 aliphatic rings. The van der Waals surface area contributed by atoms with Gasteiger partial charge in [-0.1, -0.05) is 31.5 Å².